The Morgan fingerprint density at radius 1 is 1.00 bits per heavy atom. The van der Waals surface area contributed by atoms with E-state index in [1.54, 1.807) is 12.1 Å². The molecule has 0 heterocycles. The molecule has 0 aromatic heterocycles. The van der Waals surface area contributed by atoms with E-state index >= 15 is 0 Å². The van der Waals surface area contributed by atoms with Crippen LogP contribution in [0, 0.1) is 3.57 Å². The highest BCUT2D eigenvalue weighted by molar-refractivity contribution is 14.1. The molecule has 0 radical (unpaired) electrons. The Bertz CT molecular complexity index is 520. The first-order valence-corrected chi connectivity index (χ1v) is 6.57. The molecular formula is C12H8Cl2INO. The van der Waals surface area contributed by atoms with Gasteiger partial charge in [-0.2, -0.15) is 0 Å². The van der Waals surface area contributed by atoms with Crippen molar-refractivity contribution >= 4 is 51.5 Å². The van der Waals surface area contributed by atoms with Crippen molar-refractivity contribution in [2.75, 3.05) is 5.73 Å². The number of hydrogen-bond acceptors (Lipinski definition) is 2. The maximum absolute atomic E-state index is 6.03. The second-order valence-corrected chi connectivity index (χ2v) is 5.43. The summed E-state index contributed by atoms with van der Waals surface area (Å²) < 4.78 is 6.76. The van der Waals surface area contributed by atoms with E-state index < -0.39 is 0 Å². The van der Waals surface area contributed by atoms with Crippen molar-refractivity contribution in [1.29, 1.82) is 0 Å². The van der Waals surface area contributed by atoms with Crippen molar-refractivity contribution in [3.63, 3.8) is 0 Å². The minimum absolute atomic E-state index is 0.397. The van der Waals surface area contributed by atoms with E-state index in [1.807, 2.05) is 24.3 Å². The Labute approximate surface area is 123 Å². The van der Waals surface area contributed by atoms with Crippen LogP contribution in [0.4, 0.5) is 5.69 Å². The molecule has 0 spiro atoms. The lowest BCUT2D eigenvalue weighted by atomic mass is 10.3. The number of rotatable bonds is 2. The van der Waals surface area contributed by atoms with Gasteiger partial charge in [-0.05, 0) is 59.0 Å². The zero-order valence-electron chi connectivity index (χ0n) is 8.58. The summed E-state index contributed by atoms with van der Waals surface area (Å²) in [5, 5.41) is 0.794. The molecule has 0 saturated carbocycles. The maximum atomic E-state index is 6.03. The summed E-state index contributed by atoms with van der Waals surface area (Å²) >= 11 is 14.3. The predicted molar refractivity (Wildman–Crippen MR) is 80.1 cm³/mol. The lowest BCUT2D eigenvalue weighted by molar-refractivity contribution is 0.483. The minimum atomic E-state index is 0.397. The highest BCUT2D eigenvalue weighted by atomic mass is 127. The highest BCUT2D eigenvalue weighted by Gasteiger charge is 2.09. The molecule has 0 aliphatic rings. The topological polar surface area (TPSA) is 35.2 Å². The van der Waals surface area contributed by atoms with Crippen molar-refractivity contribution in [3.05, 3.63) is 50.0 Å². The normalized spacial score (nSPS) is 10.3. The summed E-state index contributed by atoms with van der Waals surface area (Å²) in [6, 6.07) is 10.8. The second kappa shape index (κ2) is 5.33. The van der Waals surface area contributed by atoms with Gasteiger partial charge in [-0.3, -0.25) is 0 Å². The largest absolute Gasteiger partial charge is 0.454 e. The lowest BCUT2D eigenvalue weighted by Gasteiger charge is -2.10. The molecule has 0 aliphatic carbocycles. The summed E-state index contributed by atoms with van der Waals surface area (Å²) in [6.07, 6.45) is 0. The molecule has 0 fully saturated rings. The van der Waals surface area contributed by atoms with Crippen molar-refractivity contribution < 1.29 is 4.74 Å². The fourth-order valence-corrected chi connectivity index (χ4v) is 2.24. The van der Waals surface area contributed by atoms with Gasteiger partial charge in [0.15, 0.2) is 5.75 Å². The zero-order valence-corrected chi connectivity index (χ0v) is 12.3. The van der Waals surface area contributed by atoms with Gasteiger partial charge < -0.3 is 10.5 Å². The molecule has 0 aliphatic heterocycles. The molecule has 17 heavy (non-hydrogen) atoms. The van der Waals surface area contributed by atoms with Crippen molar-refractivity contribution in [2.45, 2.75) is 0 Å². The first kappa shape index (κ1) is 12.8. The van der Waals surface area contributed by atoms with Crippen molar-refractivity contribution in [1.82, 2.24) is 0 Å². The van der Waals surface area contributed by atoms with Crippen LogP contribution in [0.25, 0.3) is 0 Å². The van der Waals surface area contributed by atoms with E-state index in [4.69, 9.17) is 33.7 Å². The number of nitrogen functional groups attached to an aromatic ring is 1. The van der Waals surface area contributed by atoms with Gasteiger partial charge >= 0.3 is 0 Å². The van der Waals surface area contributed by atoms with Gasteiger partial charge in [0, 0.05) is 9.26 Å². The second-order valence-electron chi connectivity index (χ2n) is 3.37. The molecule has 0 saturated heterocycles. The average molecular weight is 380 g/mol. The standard InChI is InChI=1S/C12H8Cl2INO/c13-10-5-8(16)6-11(14)12(10)17-9-3-1-7(15)2-4-9/h1-6H,16H2. The van der Waals surface area contributed by atoms with Crippen LogP contribution < -0.4 is 10.5 Å². The monoisotopic (exact) mass is 379 g/mol. The molecule has 5 heteroatoms. The van der Waals surface area contributed by atoms with E-state index in [0.717, 1.165) is 3.57 Å². The molecule has 2 rings (SSSR count). The van der Waals surface area contributed by atoms with Gasteiger partial charge in [0.1, 0.15) is 5.75 Å². The van der Waals surface area contributed by atoms with Crippen LogP contribution in [-0.4, -0.2) is 0 Å². The number of ether oxygens (including phenoxy) is 1. The van der Waals surface area contributed by atoms with Crippen LogP contribution in [0.15, 0.2) is 36.4 Å². The molecule has 2 nitrogen and oxygen atoms in total. The van der Waals surface area contributed by atoms with Gasteiger partial charge in [0.05, 0.1) is 10.0 Å². The summed E-state index contributed by atoms with van der Waals surface area (Å²) in [6.45, 7) is 0. The van der Waals surface area contributed by atoms with Crippen molar-refractivity contribution in [2.24, 2.45) is 0 Å². The van der Waals surface area contributed by atoms with Gasteiger partial charge in [0.25, 0.3) is 0 Å². The van der Waals surface area contributed by atoms with E-state index in [0.29, 0.717) is 27.2 Å². The van der Waals surface area contributed by atoms with Gasteiger partial charge in [-0.15, -0.1) is 0 Å². The average Bonchev–Trinajstić information content (AvgIpc) is 2.26. The summed E-state index contributed by atoms with van der Waals surface area (Å²) in [5.41, 5.74) is 6.13. The third kappa shape index (κ3) is 3.18. The van der Waals surface area contributed by atoms with Crippen LogP contribution in [0.1, 0.15) is 0 Å². The highest BCUT2D eigenvalue weighted by Crippen LogP contribution is 2.38. The first-order valence-electron chi connectivity index (χ1n) is 4.74. The van der Waals surface area contributed by atoms with E-state index in [2.05, 4.69) is 22.6 Å². The zero-order chi connectivity index (χ0) is 12.4. The third-order valence-corrected chi connectivity index (χ3v) is 3.33. The van der Waals surface area contributed by atoms with Crippen LogP contribution in [0.5, 0.6) is 11.5 Å². The smallest absolute Gasteiger partial charge is 0.164 e. The molecule has 2 aromatic carbocycles. The third-order valence-electron chi connectivity index (χ3n) is 2.05. The molecule has 0 unspecified atom stereocenters. The van der Waals surface area contributed by atoms with Crippen LogP contribution in [0.3, 0.4) is 0 Å². The minimum Gasteiger partial charge on any atom is -0.454 e. The Morgan fingerprint density at radius 3 is 2.06 bits per heavy atom. The van der Waals surface area contributed by atoms with Crippen molar-refractivity contribution in [3.8, 4) is 11.5 Å². The van der Waals surface area contributed by atoms with E-state index in [1.165, 1.54) is 0 Å². The van der Waals surface area contributed by atoms with Crippen LogP contribution in [-0.2, 0) is 0 Å². The lowest BCUT2D eigenvalue weighted by Crippen LogP contribution is -1.90. The number of halogens is 3. The molecule has 0 atom stereocenters. The Morgan fingerprint density at radius 2 is 1.53 bits per heavy atom. The molecule has 0 amide bonds. The van der Waals surface area contributed by atoms with Gasteiger partial charge in [0.2, 0.25) is 0 Å². The molecule has 88 valence electrons. The fraction of sp³-hybridized carbons (Fsp3) is 0. The van der Waals surface area contributed by atoms with Crippen LogP contribution >= 0.6 is 45.8 Å². The van der Waals surface area contributed by atoms with E-state index in [-0.39, 0.29) is 0 Å². The molecule has 0 bridgehead atoms. The summed E-state index contributed by atoms with van der Waals surface area (Å²) in [5.74, 6) is 1.10. The predicted octanol–water partition coefficient (Wildman–Crippen LogP) is 4.97. The first-order chi connectivity index (χ1) is 8.06. The van der Waals surface area contributed by atoms with Gasteiger partial charge in [-0.25, -0.2) is 0 Å². The Balaban J connectivity index is 2.33. The number of hydrogen-bond donors (Lipinski definition) is 1. The molecule has 2 aromatic rings. The fourth-order valence-electron chi connectivity index (χ4n) is 1.30. The van der Waals surface area contributed by atoms with Gasteiger partial charge in [-0.1, -0.05) is 23.2 Å². The molecular weight excluding hydrogens is 372 g/mol. The maximum Gasteiger partial charge on any atom is 0.164 e. The number of benzene rings is 2. The summed E-state index contributed by atoms with van der Waals surface area (Å²) in [4.78, 5) is 0. The molecule has 2 N–H and O–H groups in total. The SMILES string of the molecule is Nc1cc(Cl)c(Oc2ccc(I)cc2)c(Cl)c1. The number of anilines is 1. The van der Waals surface area contributed by atoms with Crippen LogP contribution in [0.2, 0.25) is 10.0 Å². The Kier molecular flexibility index (Phi) is 4.01. The van der Waals surface area contributed by atoms with E-state index in [9.17, 15) is 0 Å². The number of nitrogens with two attached hydrogens (primary N) is 1. The Hall–Kier alpha value is -0.650. The summed E-state index contributed by atoms with van der Waals surface area (Å²) in [7, 11) is 0. The quantitative estimate of drug-likeness (QED) is 0.590.